The molecule has 0 radical (unpaired) electrons. The zero-order valence-corrected chi connectivity index (χ0v) is 18.7. The van der Waals surface area contributed by atoms with E-state index >= 15 is 4.39 Å². The molecule has 0 fully saturated rings. The third kappa shape index (κ3) is 4.68. The molecule has 0 heterocycles. The van der Waals surface area contributed by atoms with Crippen LogP contribution in [0.5, 0.6) is 0 Å². The lowest BCUT2D eigenvalue weighted by atomic mass is 9.96. The summed E-state index contributed by atoms with van der Waals surface area (Å²) in [5.74, 6) is -1.53. The molecule has 4 aromatic rings. The van der Waals surface area contributed by atoms with Crippen molar-refractivity contribution in [3.63, 3.8) is 0 Å². The molecular formula is C28H24ClF3. The molecule has 0 saturated heterocycles. The second-order valence-corrected chi connectivity index (χ2v) is 8.52. The van der Waals surface area contributed by atoms with Crippen LogP contribution >= 0.6 is 11.6 Å². The molecule has 0 aliphatic heterocycles. The van der Waals surface area contributed by atoms with Gasteiger partial charge in [0.15, 0.2) is 0 Å². The second-order valence-electron chi connectivity index (χ2n) is 8.12. The largest absolute Gasteiger partial charge is 0.206 e. The molecule has 0 unspecified atom stereocenters. The summed E-state index contributed by atoms with van der Waals surface area (Å²) in [5.41, 5.74) is 2.58. The maximum Gasteiger partial charge on any atom is 0.142 e. The Morgan fingerprint density at radius 3 is 2.16 bits per heavy atom. The topological polar surface area (TPSA) is 0 Å². The van der Waals surface area contributed by atoms with E-state index in [-0.39, 0.29) is 16.4 Å². The Labute approximate surface area is 191 Å². The van der Waals surface area contributed by atoms with Gasteiger partial charge in [0.05, 0.1) is 5.02 Å². The van der Waals surface area contributed by atoms with Crippen molar-refractivity contribution in [1.29, 1.82) is 0 Å². The first-order valence-electron chi connectivity index (χ1n) is 10.9. The Hall–Kier alpha value is -2.78. The molecule has 4 rings (SSSR count). The normalized spacial score (nSPS) is 11.3. The Balaban J connectivity index is 1.63. The van der Waals surface area contributed by atoms with Crippen molar-refractivity contribution in [2.24, 2.45) is 0 Å². The SMILES string of the molecule is CCCCCCc1ccc2c(F)c(-c3ccc(-c4ccc(Cl)c(F)c4)c(F)c3)ccc2c1. The van der Waals surface area contributed by atoms with Gasteiger partial charge < -0.3 is 0 Å². The lowest BCUT2D eigenvalue weighted by Gasteiger charge is -2.11. The van der Waals surface area contributed by atoms with Crippen molar-refractivity contribution >= 4 is 22.4 Å². The van der Waals surface area contributed by atoms with Gasteiger partial charge in [-0.05, 0) is 53.1 Å². The van der Waals surface area contributed by atoms with E-state index in [2.05, 4.69) is 6.92 Å². The molecule has 0 bridgehead atoms. The summed E-state index contributed by atoms with van der Waals surface area (Å²) >= 11 is 5.72. The molecule has 0 aliphatic rings. The minimum Gasteiger partial charge on any atom is -0.206 e. The van der Waals surface area contributed by atoms with Crippen LogP contribution in [0.15, 0.2) is 66.7 Å². The molecule has 4 heteroatoms. The highest BCUT2D eigenvalue weighted by atomic mass is 35.5. The van der Waals surface area contributed by atoms with E-state index in [1.165, 1.54) is 49.1 Å². The zero-order chi connectivity index (χ0) is 22.7. The highest BCUT2D eigenvalue weighted by Gasteiger charge is 2.14. The predicted octanol–water partition coefficient (Wildman–Crippen LogP) is 9.37. The molecule has 0 aromatic heterocycles. The fourth-order valence-electron chi connectivity index (χ4n) is 4.06. The summed E-state index contributed by atoms with van der Waals surface area (Å²) in [7, 11) is 0. The van der Waals surface area contributed by atoms with Gasteiger partial charge in [-0.1, -0.05) is 86.3 Å². The van der Waals surface area contributed by atoms with Crippen LogP contribution in [0.3, 0.4) is 0 Å². The number of rotatable bonds is 7. The van der Waals surface area contributed by atoms with Crippen LogP contribution in [-0.4, -0.2) is 0 Å². The molecule has 0 atom stereocenters. The van der Waals surface area contributed by atoms with Crippen LogP contribution in [0.25, 0.3) is 33.0 Å². The molecule has 0 aliphatic carbocycles. The smallest absolute Gasteiger partial charge is 0.142 e. The van der Waals surface area contributed by atoms with E-state index in [4.69, 9.17) is 11.6 Å². The molecule has 164 valence electrons. The van der Waals surface area contributed by atoms with E-state index in [0.717, 1.165) is 18.2 Å². The number of halogens is 4. The van der Waals surface area contributed by atoms with Gasteiger partial charge in [0.2, 0.25) is 0 Å². The van der Waals surface area contributed by atoms with Crippen LogP contribution in [0, 0.1) is 17.5 Å². The number of unbranched alkanes of at least 4 members (excludes halogenated alkanes) is 3. The first-order chi connectivity index (χ1) is 15.5. The van der Waals surface area contributed by atoms with Crippen LogP contribution in [0.2, 0.25) is 5.02 Å². The van der Waals surface area contributed by atoms with Gasteiger partial charge in [-0.3, -0.25) is 0 Å². The van der Waals surface area contributed by atoms with Crippen molar-refractivity contribution in [3.05, 3.63) is 94.8 Å². The maximum atomic E-state index is 15.3. The van der Waals surface area contributed by atoms with Gasteiger partial charge >= 0.3 is 0 Å². The van der Waals surface area contributed by atoms with E-state index < -0.39 is 11.6 Å². The lowest BCUT2D eigenvalue weighted by molar-refractivity contribution is 0.624. The van der Waals surface area contributed by atoms with Gasteiger partial charge in [0.25, 0.3) is 0 Å². The monoisotopic (exact) mass is 452 g/mol. The highest BCUT2D eigenvalue weighted by Crippen LogP contribution is 2.33. The zero-order valence-electron chi connectivity index (χ0n) is 17.9. The van der Waals surface area contributed by atoms with Crippen LogP contribution in [-0.2, 0) is 6.42 Å². The van der Waals surface area contributed by atoms with E-state index in [1.54, 1.807) is 18.2 Å². The van der Waals surface area contributed by atoms with E-state index in [1.807, 2.05) is 24.3 Å². The van der Waals surface area contributed by atoms with Gasteiger partial charge in [-0.2, -0.15) is 0 Å². The Kier molecular flexibility index (Phi) is 6.86. The van der Waals surface area contributed by atoms with Crippen molar-refractivity contribution in [2.45, 2.75) is 39.0 Å². The number of hydrogen-bond donors (Lipinski definition) is 0. The third-order valence-corrected chi connectivity index (χ3v) is 6.15. The maximum absolute atomic E-state index is 15.3. The number of hydrogen-bond acceptors (Lipinski definition) is 0. The van der Waals surface area contributed by atoms with Gasteiger partial charge in [0, 0.05) is 16.5 Å². The van der Waals surface area contributed by atoms with Crippen LogP contribution < -0.4 is 0 Å². The van der Waals surface area contributed by atoms with E-state index in [9.17, 15) is 8.78 Å². The Morgan fingerprint density at radius 2 is 1.41 bits per heavy atom. The Morgan fingerprint density at radius 1 is 0.688 bits per heavy atom. The molecular weight excluding hydrogens is 429 g/mol. The minimum absolute atomic E-state index is 0.0203. The summed E-state index contributed by atoms with van der Waals surface area (Å²) in [6.07, 6.45) is 5.74. The molecule has 0 amide bonds. The second kappa shape index (κ2) is 9.79. The summed E-state index contributed by atoms with van der Waals surface area (Å²) < 4.78 is 43.9. The van der Waals surface area contributed by atoms with Crippen LogP contribution in [0.4, 0.5) is 13.2 Å². The average molecular weight is 453 g/mol. The summed E-state index contributed by atoms with van der Waals surface area (Å²) in [5, 5.41) is 1.34. The quantitative estimate of drug-likeness (QED) is 0.245. The number of aryl methyl sites for hydroxylation is 1. The van der Waals surface area contributed by atoms with Crippen molar-refractivity contribution < 1.29 is 13.2 Å². The molecule has 0 spiro atoms. The van der Waals surface area contributed by atoms with Crippen molar-refractivity contribution in [2.75, 3.05) is 0 Å². The average Bonchev–Trinajstić information content (AvgIpc) is 2.79. The third-order valence-electron chi connectivity index (χ3n) is 5.85. The van der Waals surface area contributed by atoms with Gasteiger partial charge in [0.1, 0.15) is 17.5 Å². The molecule has 32 heavy (non-hydrogen) atoms. The standard InChI is InChI=1S/C28H24ClF3/c1-2-3-4-5-6-18-7-11-23-19(15-18)9-13-24(28(23)32)21-8-12-22(26(30)16-21)20-10-14-25(29)27(31)17-20/h7-17H,2-6H2,1H3. The first-order valence-corrected chi connectivity index (χ1v) is 11.3. The molecule has 0 N–H and O–H groups in total. The minimum atomic E-state index is -0.613. The summed E-state index contributed by atoms with van der Waals surface area (Å²) in [6, 6.07) is 18.0. The summed E-state index contributed by atoms with van der Waals surface area (Å²) in [4.78, 5) is 0. The van der Waals surface area contributed by atoms with E-state index in [0.29, 0.717) is 22.1 Å². The lowest BCUT2D eigenvalue weighted by Crippen LogP contribution is -1.92. The van der Waals surface area contributed by atoms with Crippen molar-refractivity contribution in [1.82, 2.24) is 0 Å². The highest BCUT2D eigenvalue weighted by molar-refractivity contribution is 6.30. The fourth-order valence-corrected chi connectivity index (χ4v) is 4.17. The summed E-state index contributed by atoms with van der Waals surface area (Å²) in [6.45, 7) is 2.19. The fraction of sp³-hybridized carbons (Fsp3) is 0.214. The Bertz CT molecular complexity index is 1260. The van der Waals surface area contributed by atoms with Crippen LogP contribution in [0.1, 0.15) is 38.2 Å². The number of benzene rings is 4. The first kappa shape index (κ1) is 22.4. The molecule has 0 saturated carbocycles. The number of fused-ring (bicyclic) bond motifs is 1. The predicted molar refractivity (Wildman–Crippen MR) is 128 cm³/mol. The van der Waals surface area contributed by atoms with Gasteiger partial charge in [-0.25, -0.2) is 13.2 Å². The van der Waals surface area contributed by atoms with Gasteiger partial charge in [-0.15, -0.1) is 0 Å². The molecule has 0 nitrogen and oxygen atoms in total. The van der Waals surface area contributed by atoms with Crippen molar-refractivity contribution in [3.8, 4) is 22.3 Å². The molecule has 4 aromatic carbocycles.